The second-order valence-electron chi connectivity index (χ2n) is 11.2. The zero-order valence-electron chi connectivity index (χ0n) is 18.0. The van der Waals surface area contributed by atoms with E-state index in [1.54, 1.807) is 0 Å². The summed E-state index contributed by atoms with van der Waals surface area (Å²) in [5, 5.41) is 0. The molecule has 10 atom stereocenters. The van der Waals surface area contributed by atoms with Crippen LogP contribution in [0.3, 0.4) is 0 Å². The van der Waals surface area contributed by atoms with Gasteiger partial charge in [-0.25, -0.2) is 0 Å². The average Bonchev–Trinajstić information content (AvgIpc) is 3.67. The Balaban J connectivity index is 0.970. The molecular weight excluding hydrogens is 364 g/mol. The van der Waals surface area contributed by atoms with Gasteiger partial charge in [0.25, 0.3) is 0 Å². The summed E-state index contributed by atoms with van der Waals surface area (Å²) in [6, 6.07) is 0. The lowest BCUT2D eigenvalue weighted by Crippen LogP contribution is -2.39. The topological polar surface area (TPSA) is 43.5 Å². The van der Waals surface area contributed by atoms with Crippen LogP contribution in [0.25, 0.3) is 0 Å². The van der Waals surface area contributed by atoms with E-state index in [1.807, 2.05) is 0 Å². The van der Waals surface area contributed by atoms with Crippen molar-refractivity contribution in [3.63, 3.8) is 0 Å². The molecule has 6 aliphatic rings. The van der Waals surface area contributed by atoms with Gasteiger partial charge in [0, 0.05) is 0 Å². The molecule has 0 aromatic carbocycles. The summed E-state index contributed by atoms with van der Waals surface area (Å²) in [5.74, 6) is 5.89. The first kappa shape index (κ1) is 19.5. The molecule has 4 heteroatoms. The minimum atomic E-state index is 0.144. The van der Waals surface area contributed by atoms with Crippen molar-refractivity contribution >= 4 is 0 Å². The quantitative estimate of drug-likeness (QED) is 0.588. The van der Waals surface area contributed by atoms with Gasteiger partial charge in [-0.1, -0.05) is 0 Å². The zero-order valence-corrected chi connectivity index (χ0v) is 18.0. The molecule has 0 amide bonds. The fourth-order valence-corrected chi connectivity index (χ4v) is 7.64. The Bertz CT molecular complexity index is 559. The fourth-order valence-electron chi connectivity index (χ4n) is 7.64. The highest BCUT2D eigenvalue weighted by Gasteiger charge is 2.43. The first-order valence-corrected chi connectivity index (χ1v) is 12.8. The molecular formula is C25H40O4. The van der Waals surface area contributed by atoms with E-state index in [-0.39, 0.29) is 6.29 Å². The van der Waals surface area contributed by atoms with Gasteiger partial charge in [-0.15, -0.1) is 0 Å². The van der Waals surface area contributed by atoms with Crippen LogP contribution in [0, 0.1) is 35.5 Å². The van der Waals surface area contributed by atoms with Crippen LogP contribution < -0.4 is 0 Å². The van der Waals surface area contributed by atoms with Crippen LogP contribution in [0.5, 0.6) is 0 Å². The second kappa shape index (κ2) is 8.41. The molecule has 0 bridgehead atoms. The largest absolute Gasteiger partial charge is 0.375 e. The molecule has 2 saturated heterocycles. The van der Waals surface area contributed by atoms with Crippen molar-refractivity contribution in [2.75, 3.05) is 19.8 Å². The molecule has 4 nitrogen and oxygen atoms in total. The number of rotatable bonds is 6. The first-order chi connectivity index (χ1) is 14.3. The number of ether oxygens (including phenoxy) is 4. The Morgan fingerprint density at radius 2 is 1.03 bits per heavy atom. The van der Waals surface area contributed by atoms with Gasteiger partial charge in [0.1, 0.15) is 12.7 Å². The maximum absolute atomic E-state index is 6.15. The van der Waals surface area contributed by atoms with E-state index in [2.05, 4.69) is 0 Å². The van der Waals surface area contributed by atoms with Crippen LogP contribution in [0.4, 0.5) is 0 Å². The van der Waals surface area contributed by atoms with Gasteiger partial charge < -0.3 is 18.9 Å². The van der Waals surface area contributed by atoms with Crippen molar-refractivity contribution in [3.8, 4) is 0 Å². The van der Waals surface area contributed by atoms with E-state index < -0.39 is 0 Å². The molecule has 6 rings (SSSR count). The smallest absolute Gasteiger partial charge is 0.181 e. The standard InChI is InChI=1S/C25H40O4/c1-3-20-11-22(26-13-24-14-27-24)7-5-18(20)9-16(1)17-2-4-21-12-23(29-25-15-28-25)8-6-19(21)10-17/h16-25H,1-15H2. The summed E-state index contributed by atoms with van der Waals surface area (Å²) in [6.07, 6.45) is 18.5. The molecule has 0 aromatic rings. The lowest BCUT2D eigenvalue weighted by Gasteiger charge is -2.48. The minimum absolute atomic E-state index is 0.144. The Hall–Kier alpha value is -0.160. The van der Waals surface area contributed by atoms with Crippen LogP contribution in [-0.4, -0.2) is 44.4 Å². The number of fused-ring (bicyclic) bond motifs is 2. The van der Waals surface area contributed by atoms with Gasteiger partial charge in [0.15, 0.2) is 6.29 Å². The van der Waals surface area contributed by atoms with E-state index >= 15 is 0 Å². The lowest BCUT2D eigenvalue weighted by atomic mass is 9.59. The van der Waals surface area contributed by atoms with Crippen molar-refractivity contribution in [3.05, 3.63) is 0 Å². The van der Waals surface area contributed by atoms with Crippen LogP contribution >= 0.6 is 0 Å². The molecule has 0 N–H and O–H groups in total. The average molecular weight is 405 g/mol. The van der Waals surface area contributed by atoms with E-state index in [9.17, 15) is 0 Å². The van der Waals surface area contributed by atoms with Crippen molar-refractivity contribution in [2.45, 2.75) is 102 Å². The van der Waals surface area contributed by atoms with Crippen LogP contribution in [-0.2, 0) is 18.9 Å². The maximum Gasteiger partial charge on any atom is 0.181 e. The van der Waals surface area contributed by atoms with Gasteiger partial charge >= 0.3 is 0 Å². The predicted octanol–water partition coefficient (Wildman–Crippen LogP) is 4.94. The van der Waals surface area contributed by atoms with Crippen molar-refractivity contribution in [1.82, 2.24) is 0 Å². The summed E-state index contributed by atoms with van der Waals surface area (Å²) in [6.45, 7) is 2.60. The molecule has 2 heterocycles. The first-order valence-electron chi connectivity index (χ1n) is 12.8. The third-order valence-electron chi connectivity index (χ3n) is 9.44. The predicted molar refractivity (Wildman–Crippen MR) is 110 cm³/mol. The molecule has 4 saturated carbocycles. The zero-order chi connectivity index (χ0) is 19.2. The van der Waals surface area contributed by atoms with E-state index in [0.717, 1.165) is 55.3 Å². The fraction of sp³-hybridized carbons (Fsp3) is 1.00. The molecule has 0 spiro atoms. The Morgan fingerprint density at radius 3 is 1.59 bits per heavy atom. The minimum Gasteiger partial charge on any atom is -0.375 e. The van der Waals surface area contributed by atoms with Crippen molar-refractivity contribution < 1.29 is 18.9 Å². The van der Waals surface area contributed by atoms with Gasteiger partial charge in [-0.05, 0) is 113 Å². The summed E-state index contributed by atoms with van der Waals surface area (Å²) in [7, 11) is 0. The van der Waals surface area contributed by atoms with E-state index in [0.29, 0.717) is 18.3 Å². The van der Waals surface area contributed by atoms with Gasteiger partial charge in [0.2, 0.25) is 0 Å². The molecule has 29 heavy (non-hydrogen) atoms. The van der Waals surface area contributed by atoms with Gasteiger partial charge in [-0.3, -0.25) is 0 Å². The van der Waals surface area contributed by atoms with Crippen LogP contribution in [0.2, 0.25) is 0 Å². The van der Waals surface area contributed by atoms with E-state index in [1.165, 1.54) is 77.0 Å². The number of hydrogen-bond donors (Lipinski definition) is 0. The SMILES string of the molecule is C1CC2CC(C3CCC4CC(OC5CO5)CCC4C3)CCC2CC1OCC1CO1. The third-order valence-corrected chi connectivity index (χ3v) is 9.44. The van der Waals surface area contributed by atoms with Crippen LogP contribution in [0.1, 0.15) is 77.0 Å². The Kier molecular flexibility index (Phi) is 5.66. The lowest BCUT2D eigenvalue weighted by molar-refractivity contribution is -0.0643. The Morgan fingerprint density at radius 1 is 0.552 bits per heavy atom. The molecule has 0 aromatic heterocycles. The number of hydrogen-bond acceptors (Lipinski definition) is 4. The summed E-state index contributed by atoms with van der Waals surface area (Å²) >= 11 is 0. The maximum atomic E-state index is 6.15. The third kappa shape index (κ3) is 4.71. The molecule has 0 radical (unpaired) electrons. The second-order valence-corrected chi connectivity index (χ2v) is 11.2. The molecule has 10 unspecified atom stereocenters. The van der Waals surface area contributed by atoms with Crippen molar-refractivity contribution in [2.24, 2.45) is 35.5 Å². The van der Waals surface area contributed by atoms with Gasteiger partial charge in [-0.2, -0.15) is 0 Å². The highest BCUT2D eigenvalue weighted by molar-refractivity contribution is 4.93. The van der Waals surface area contributed by atoms with E-state index in [4.69, 9.17) is 18.9 Å². The normalized spacial score (nSPS) is 51.7. The molecule has 6 fully saturated rings. The Labute approximate surface area is 176 Å². The molecule has 164 valence electrons. The number of epoxide rings is 2. The highest BCUT2D eigenvalue weighted by Crippen LogP contribution is 2.51. The molecule has 2 aliphatic heterocycles. The monoisotopic (exact) mass is 404 g/mol. The summed E-state index contributed by atoms with van der Waals surface area (Å²) in [5.41, 5.74) is 0. The van der Waals surface area contributed by atoms with Crippen LogP contribution in [0.15, 0.2) is 0 Å². The summed E-state index contributed by atoms with van der Waals surface area (Å²) < 4.78 is 22.8. The van der Waals surface area contributed by atoms with Crippen molar-refractivity contribution in [1.29, 1.82) is 0 Å². The van der Waals surface area contributed by atoms with Gasteiger partial charge in [0.05, 0.1) is 25.4 Å². The molecule has 4 aliphatic carbocycles. The summed E-state index contributed by atoms with van der Waals surface area (Å²) in [4.78, 5) is 0. The highest BCUT2D eigenvalue weighted by atomic mass is 16.8.